The summed E-state index contributed by atoms with van der Waals surface area (Å²) in [6, 6.07) is 18.5. The van der Waals surface area contributed by atoms with Crippen LogP contribution < -0.4 is 10.6 Å². The van der Waals surface area contributed by atoms with Gasteiger partial charge in [-0.15, -0.1) is 0 Å². The molecule has 2 aromatic rings. The number of nitrogens with one attached hydrogen (secondary N) is 2. The Morgan fingerprint density at radius 1 is 0.944 bits per heavy atom. The molecule has 1 saturated heterocycles. The molecule has 0 radical (unpaired) electrons. The number of hydrogen-bond acceptors (Lipinski definition) is 3. The number of benzene rings is 2. The van der Waals surface area contributed by atoms with E-state index in [-0.39, 0.29) is 29.6 Å². The van der Waals surface area contributed by atoms with E-state index in [1.807, 2.05) is 74.5 Å². The highest BCUT2D eigenvalue weighted by molar-refractivity contribution is 5.93. The number of rotatable bonds is 11. The third-order valence-corrected chi connectivity index (χ3v) is 7.37. The zero-order chi connectivity index (χ0) is 26.1. The normalized spacial score (nSPS) is 19.1. The topological polar surface area (TPSA) is 78.5 Å². The lowest BCUT2D eigenvalue weighted by molar-refractivity contribution is -0.141. The zero-order valence-corrected chi connectivity index (χ0v) is 22.1. The molecule has 0 aliphatic carbocycles. The van der Waals surface area contributed by atoms with Crippen LogP contribution in [-0.4, -0.2) is 47.8 Å². The molecule has 2 N–H and O–H groups in total. The minimum atomic E-state index is -0.709. The van der Waals surface area contributed by atoms with Crippen LogP contribution in [0.15, 0.2) is 60.7 Å². The molecule has 6 nitrogen and oxygen atoms in total. The number of likely N-dealkylation sites (tertiary alicyclic amines) is 1. The second-order valence-corrected chi connectivity index (χ2v) is 10.3. The Bertz CT molecular complexity index is 993. The van der Waals surface area contributed by atoms with Crippen molar-refractivity contribution < 1.29 is 14.4 Å². The van der Waals surface area contributed by atoms with Crippen molar-refractivity contribution in [3.63, 3.8) is 0 Å². The molecule has 0 saturated carbocycles. The van der Waals surface area contributed by atoms with Crippen LogP contribution in [0.2, 0.25) is 0 Å². The van der Waals surface area contributed by atoms with Crippen LogP contribution in [0, 0.1) is 17.8 Å². The lowest BCUT2D eigenvalue weighted by atomic mass is 9.93. The predicted octanol–water partition coefficient (Wildman–Crippen LogP) is 3.99. The molecule has 3 rings (SSSR count). The molecule has 0 unspecified atom stereocenters. The van der Waals surface area contributed by atoms with E-state index in [4.69, 9.17) is 0 Å². The first kappa shape index (κ1) is 27.4. The SMILES string of the molecule is CC[C@@H](C)C(=O)N[C@@H](Cc1ccccc1)C(=O)N1C[C@@H](C(C)C)C[C@H]1C(=O)NCCc1ccccc1. The van der Waals surface area contributed by atoms with Crippen LogP contribution in [0.25, 0.3) is 0 Å². The molecule has 1 aliphatic rings. The van der Waals surface area contributed by atoms with Crippen LogP contribution in [0.3, 0.4) is 0 Å². The first-order valence-corrected chi connectivity index (χ1v) is 13.3. The third kappa shape index (κ3) is 7.42. The largest absolute Gasteiger partial charge is 0.354 e. The quantitative estimate of drug-likeness (QED) is 0.499. The van der Waals surface area contributed by atoms with Gasteiger partial charge in [-0.25, -0.2) is 0 Å². The number of carbonyl (C=O) groups excluding carboxylic acids is 3. The maximum atomic E-state index is 13.9. The molecule has 6 heteroatoms. The number of nitrogens with zero attached hydrogens (tertiary/aromatic N) is 1. The second-order valence-electron chi connectivity index (χ2n) is 10.3. The molecule has 0 bridgehead atoms. The van der Waals surface area contributed by atoms with E-state index in [1.165, 1.54) is 0 Å². The fourth-order valence-electron chi connectivity index (χ4n) is 4.69. The maximum absolute atomic E-state index is 13.9. The Kier molecular flexibility index (Phi) is 10.1. The van der Waals surface area contributed by atoms with Crippen LogP contribution in [0.1, 0.15) is 51.7 Å². The Balaban J connectivity index is 1.76. The van der Waals surface area contributed by atoms with Gasteiger partial charge in [0.1, 0.15) is 12.1 Å². The third-order valence-electron chi connectivity index (χ3n) is 7.37. The van der Waals surface area contributed by atoms with Crippen molar-refractivity contribution in [3.8, 4) is 0 Å². The Labute approximate surface area is 215 Å². The van der Waals surface area contributed by atoms with Gasteiger partial charge in [0.15, 0.2) is 0 Å². The summed E-state index contributed by atoms with van der Waals surface area (Å²) in [6.45, 7) is 9.14. The average Bonchev–Trinajstić information content (AvgIpc) is 3.34. The molecule has 0 aromatic heterocycles. The van der Waals surface area contributed by atoms with Crippen LogP contribution in [-0.2, 0) is 27.2 Å². The zero-order valence-electron chi connectivity index (χ0n) is 22.1. The summed E-state index contributed by atoms with van der Waals surface area (Å²) >= 11 is 0. The summed E-state index contributed by atoms with van der Waals surface area (Å²) in [5, 5.41) is 6.05. The number of amides is 3. The second kappa shape index (κ2) is 13.2. The Morgan fingerprint density at radius 3 is 2.14 bits per heavy atom. The minimum Gasteiger partial charge on any atom is -0.354 e. The van der Waals surface area contributed by atoms with Crippen molar-refractivity contribution in [2.45, 2.75) is 65.5 Å². The molecule has 36 heavy (non-hydrogen) atoms. The fraction of sp³-hybridized carbons (Fsp3) is 0.500. The van der Waals surface area contributed by atoms with Gasteiger partial charge in [-0.3, -0.25) is 14.4 Å². The van der Waals surface area contributed by atoms with Gasteiger partial charge in [0.25, 0.3) is 0 Å². The lowest BCUT2D eigenvalue weighted by Gasteiger charge is -2.29. The van der Waals surface area contributed by atoms with E-state index in [0.717, 1.165) is 17.5 Å². The number of hydrogen-bond donors (Lipinski definition) is 2. The summed E-state index contributed by atoms with van der Waals surface area (Å²) in [5.74, 6) is -0.0208. The van der Waals surface area contributed by atoms with Gasteiger partial charge in [-0.05, 0) is 42.2 Å². The monoisotopic (exact) mass is 491 g/mol. The van der Waals surface area contributed by atoms with E-state index in [0.29, 0.717) is 38.3 Å². The van der Waals surface area contributed by atoms with E-state index in [1.54, 1.807) is 4.90 Å². The lowest BCUT2D eigenvalue weighted by Crippen LogP contribution is -2.55. The van der Waals surface area contributed by atoms with Crippen LogP contribution >= 0.6 is 0 Å². The molecule has 1 fully saturated rings. The average molecular weight is 492 g/mol. The van der Waals surface area contributed by atoms with Gasteiger partial charge in [-0.1, -0.05) is 88.4 Å². The smallest absolute Gasteiger partial charge is 0.246 e. The Hall–Kier alpha value is -3.15. The highest BCUT2D eigenvalue weighted by Gasteiger charge is 2.42. The van der Waals surface area contributed by atoms with E-state index in [2.05, 4.69) is 24.5 Å². The molecule has 0 spiro atoms. The molecule has 1 aliphatic heterocycles. The molecule has 1 heterocycles. The summed E-state index contributed by atoms with van der Waals surface area (Å²) in [5.41, 5.74) is 2.14. The van der Waals surface area contributed by atoms with Crippen molar-refractivity contribution in [3.05, 3.63) is 71.8 Å². The fourth-order valence-corrected chi connectivity index (χ4v) is 4.69. The summed E-state index contributed by atoms with van der Waals surface area (Å²) in [7, 11) is 0. The van der Waals surface area contributed by atoms with Crippen molar-refractivity contribution in [1.82, 2.24) is 15.5 Å². The van der Waals surface area contributed by atoms with E-state index in [9.17, 15) is 14.4 Å². The molecule has 4 atom stereocenters. The first-order chi connectivity index (χ1) is 17.3. The molecule has 3 amide bonds. The van der Waals surface area contributed by atoms with Crippen LogP contribution in [0.5, 0.6) is 0 Å². The summed E-state index contributed by atoms with van der Waals surface area (Å²) < 4.78 is 0. The standard InChI is InChI=1S/C30H41N3O3/c1-5-22(4)28(34)32-26(18-24-14-10-7-11-15-24)30(36)33-20-25(21(2)3)19-27(33)29(35)31-17-16-23-12-8-6-9-13-23/h6-15,21-22,25-27H,5,16-20H2,1-4H3,(H,31,35)(H,32,34)/t22-,25+,26+,27+/m1/s1. The van der Waals surface area contributed by atoms with Gasteiger partial charge in [0, 0.05) is 25.4 Å². The first-order valence-electron chi connectivity index (χ1n) is 13.3. The van der Waals surface area contributed by atoms with E-state index < -0.39 is 12.1 Å². The van der Waals surface area contributed by atoms with Crippen LogP contribution in [0.4, 0.5) is 0 Å². The molecular formula is C30H41N3O3. The Morgan fingerprint density at radius 2 is 1.56 bits per heavy atom. The summed E-state index contributed by atoms with van der Waals surface area (Å²) in [4.78, 5) is 41.7. The molecule has 194 valence electrons. The highest BCUT2D eigenvalue weighted by Crippen LogP contribution is 2.30. The van der Waals surface area contributed by atoms with Crippen molar-refractivity contribution in [1.29, 1.82) is 0 Å². The van der Waals surface area contributed by atoms with Gasteiger partial charge in [0.05, 0.1) is 0 Å². The molecule has 2 aromatic carbocycles. The van der Waals surface area contributed by atoms with Gasteiger partial charge in [-0.2, -0.15) is 0 Å². The maximum Gasteiger partial charge on any atom is 0.246 e. The molecular weight excluding hydrogens is 450 g/mol. The predicted molar refractivity (Wildman–Crippen MR) is 143 cm³/mol. The highest BCUT2D eigenvalue weighted by atomic mass is 16.2. The van der Waals surface area contributed by atoms with Crippen molar-refractivity contribution >= 4 is 17.7 Å². The van der Waals surface area contributed by atoms with Crippen molar-refractivity contribution in [2.75, 3.05) is 13.1 Å². The van der Waals surface area contributed by atoms with Crippen molar-refractivity contribution in [2.24, 2.45) is 17.8 Å². The van der Waals surface area contributed by atoms with Gasteiger partial charge >= 0.3 is 0 Å². The van der Waals surface area contributed by atoms with E-state index >= 15 is 0 Å². The minimum absolute atomic E-state index is 0.117. The van der Waals surface area contributed by atoms with Gasteiger partial charge < -0.3 is 15.5 Å². The number of carbonyl (C=O) groups is 3. The van der Waals surface area contributed by atoms with Gasteiger partial charge in [0.2, 0.25) is 17.7 Å². The summed E-state index contributed by atoms with van der Waals surface area (Å²) in [6.07, 6.45) is 2.47.